The van der Waals surface area contributed by atoms with Crippen molar-refractivity contribution in [2.75, 3.05) is 0 Å². The number of thiocarbonyl (C=S) groups is 1. The quantitative estimate of drug-likeness (QED) is 0.560. The summed E-state index contributed by atoms with van der Waals surface area (Å²) in [5.41, 5.74) is 1.63. The first-order chi connectivity index (χ1) is 13.4. The van der Waals surface area contributed by atoms with Crippen molar-refractivity contribution in [2.45, 2.75) is 77.7 Å². The summed E-state index contributed by atoms with van der Waals surface area (Å²) in [4.78, 5) is 17.9. The molecule has 0 bridgehead atoms. The number of carbonyl (C=O) groups excluding carboxylic acids is 1. The highest BCUT2D eigenvalue weighted by Crippen LogP contribution is 2.70. The number of pyridine rings is 1. The number of amides is 1. The van der Waals surface area contributed by atoms with E-state index in [9.17, 15) is 4.79 Å². The first-order valence-electron chi connectivity index (χ1n) is 11.2. The smallest absolute Gasteiger partial charge is 0.220 e. The molecule has 6 atom stereocenters. The summed E-state index contributed by atoms with van der Waals surface area (Å²) in [6.07, 6.45) is 12.2. The van der Waals surface area contributed by atoms with Crippen LogP contribution in [-0.4, -0.2) is 21.8 Å². The first kappa shape index (κ1) is 18.7. The number of hydrogen-bond donors (Lipinski definition) is 1. The molecule has 0 radical (unpaired) electrons. The van der Waals surface area contributed by atoms with Gasteiger partial charge in [0.15, 0.2) is 0 Å². The van der Waals surface area contributed by atoms with E-state index >= 15 is 0 Å². The van der Waals surface area contributed by atoms with Gasteiger partial charge in [-0.15, -0.1) is 0 Å². The van der Waals surface area contributed by atoms with E-state index in [1.807, 2.05) is 12.3 Å². The Balaban J connectivity index is 1.59. The van der Waals surface area contributed by atoms with Crippen LogP contribution >= 0.6 is 12.2 Å². The van der Waals surface area contributed by atoms with Gasteiger partial charge in [0, 0.05) is 28.9 Å². The molecule has 0 aromatic carbocycles. The average Bonchev–Trinajstić information content (AvgIpc) is 3.07. The molecular weight excluding hydrogens is 364 g/mol. The van der Waals surface area contributed by atoms with Crippen molar-refractivity contribution in [3.8, 4) is 0 Å². The third-order valence-electron chi connectivity index (χ3n) is 9.44. The van der Waals surface area contributed by atoms with Crippen LogP contribution in [0.2, 0.25) is 0 Å². The van der Waals surface area contributed by atoms with E-state index in [0.29, 0.717) is 29.7 Å². The van der Waals surface area contributed by atoms with Crippen LogP contribution in [0, 0.1) is 28.1 Å². The standard InChI is InChI=1S/C24H32N2OS/c1-22-11-5-12-24(22,21(28)18-6-3-4-15-25-18)17-7-8-19-23(2,16(17)9-13-22)14-10-20(27)26-19/h3-4,6,15-17,19H,5,7-14H2,1-2H3,(H,26,27)/t16-,17+,19+,22-,23+,24-/m0/s1. The van der Waals surface area contributed by atoms with E-state index in [1.54, 1.807) is 0 Å². The van der Waals surface area contributed by atoms with Crippen LogP contribution in [0.5, 0.6) is 0 Å². The maximum atomic E-state index is 12.1. The highest BCUT2D eigenvalue weighted by Gasteiger charge is 2.66. The van der Waals surface area contributed by atoms with Gasteiger partial charge in [0.2, 0.25) is 5.91 Å². The molecule has 0 spiro atoms. The second-order valence-corrected chi connectivity index (χ2v) is 10.8. The lowest BCUT2D eigenvalue weighted by molar-refractivity contribution is -0.139. The minimum atomic E-state index is 0.0923. The third kappa shape index (κ3) is 2.36. The lowest BCUT2D eigenvalue weighted by Gasteiger charge is -2.64. The van der Waals surface area contributed by atoms with E-state index in [1.165, 1.54) is 38.5 Å². The molecule has 4 heteroatoms. The molecule has 0 unspecified atom stereocenters. The molecule has 150 valence electrons. The van der Waals surface area contributed by atoms with Crippen LogP contribution < -0.4 is 5.32 Å². The minimum Gasteiger partial charge on any atom is -0.353 e. The molecule has 28 heavy (non-hydrogen) atoms. The maximum absolute atomic E-state index is 12.1. The zero-order valence-electron chi connectivity index (χ0n) is 17.2. The van der Waals surface area contributed by atoms with Crippen LogP contribution in [0.1, 0.15) is 77.3 Å². The predicted octanol–water partition coefficient (Wildman–Crippen LogP) is 5.08. The van der Waals surface area contributed by atoms with Gasteiger partial charge in [-0.1, -0.05) is 38.6 Å². The zero-order chi connectivity index (χ0) is 19.6. The van der Waals surface area contributed by atoms with Gasteiger partial charge in [0.1, 0.15) is 0 Å². The monoisotopic (exact) mass is 396 g/mol. The maximum Gasteiger partial charge on any atom is 0.220 e. The topological polar surface area (TPSA) is 42.0 Å². The molecule has 3 saturated carbocycles. The van der Waals surface area contributed by atoms with E-state index in [2.05, 4.69) is 36.3 Å². The summed E-state index contributed by atoms with van der Waals surface area (Å²) in [6.45, 7) is 4.98. The van der Waals surface area contributed by atoms with Crippen LogP contribution in [-0.2, 0) is 4.79 Å². The highest BCUT2D eigenvalue weighted by atomic mass is 32.1. The van der Waals surface area contributed by atoms with Crippen LogP contribution in [0.25, 0.3) is 0 Å². The number of carbonyl (C=O) groups is 1. The van der Waals surface area contributed by atoms with Crippen molar-refractivity contribution >= 4 is 23.0 Å². The Hall–Kier alpha value is -1.29. The Morgan fingerprint density at radius 1 is 1.11 bits per heavy atom. The molecule has 1 saturated heterocycles. The van der Waals surface area contributed by atoms with Crippen LogP contribution in [0.3, 0.4) is 0 Å². The van der Waals surface area contributed by atoms with E-state index in [-0.39, 0.29) is 16.7 Å². The number of piperidine rings is 1. The molecule has 1 aromatic heterocycles. The number of fused-ring (bicyclic) bond motifs is 5. The van der Waals surface area contributed by atoms with Crippen molar-refractivity contribution in [2.24, 2.45) is 28.1 Å². The molecule has 3 nitrogen and oxygen atoms in total. The van der Waals surface area contributed by atoms with Crippen LogP contribution in [0.4, 0.5) is 0 Å². The van der Waals surface area contributed by atoms with Gasteiger partial charge < -0.3 is 5.32 Å². The Kier molecular flexibility index (Phi) is 4.25. The number of nitrogens with one attached hydrogen (secondary N) is 1. The lowest BCUT2D eigenvalue weighted by atomic mass is 9.41. The molecule has 4 aliphatic rings. The van der Waals surface area contributed by atoms with Gasteiger partial charge in [0.05, 0.1) is 5.69 Å². The Morgan fingerprint density at radius 3 is 2.75 bits per heavy atom. The molecule has 1 aliphatic heterocycles. The van der Waals surface area contributed by atoms with Gasteiger partial charge >= 0.3 is 0 Å². The van der Waals surface area contributed by atoms with Crippen molar-refractivity contribution < 1.29 is 4.79 Å². The van der Waals surface area contributed by atoms with Gasteiger partial charge in [0.25, 0.3) is 0 Å². The minimum absolute atomic E-state index is 0.0923. The summed E-state index contributed by atoms with van der Waals surface area (Å²) in [5, 5.41) is 3.35. The second-order valence-electron chi connectivity index (χ2n) is 10.4. The lowest BCUT2D eigenvalue weighted by Crippen LogP contribution is -2.64. The Labute approximate surface area is 174 Å². The fourth-order valence-electron chi connectivity index (χ4n) is 7.98. The molecule has 1 aromatic rings. The fraction of sp³-hybridized carbons (Fsp3) is 0.708. The molecular formula is C24H32N2OS. The van der Waals surface area contributed by atoms with Gasteiger partial charge in [-0.3, -0.25) is 9.78 Å². The average molecular weight is 397 g/mol. The summed E-state index contributed by atoms with van der Waals surface area (Å²) in [6, 6.07) is 6.53. The fourth-order valence-corrected chi connectivity index (χ4v) is 8.60. The first-order valence-corrected chi connectivity index (χ1v) is 11.6. The summed E-state index contributed by atoms with van der Waals surface area (Å²) in [5.74, 6) is 1.53. The molecule has 5 rings (SSSR count). The number of hydrogen-bond acceptors (Lipinski definition) is 3. The number of rotatable bonds is 2. The largest absolute Gasteiger partial charge is 0.353 e. The summed E-state index contributed by atoms with van der Waals surface area (Å²) in [7, 11) is 0. The van der Waals surface area contributed by atoms with E-state index in [4.69, 9.17) is 12.2 Å². The van der Waals surface area contributed by atoms with Crippen molar-refractivity contribution in [1.29, 1.82) is 0 Å². The Bertz CT molecular complexity index is 810. The molecule has 1 amide bonds. The van der Waals surface area contributed by atoms with Gasteiger partial charge in [-0.2, -0.15) is 0 Å². The Morgan fingerprint density at radius 2 is 1.96 bits per heavy atom. The van der Waals surface area contributed by atoms with Gasteiger partial charge in [-0.25, -0.2) is 0 Å². The normalized spacial score (nSPS) is 44.8. The summed E-state index contributed by atoms with van der Waals surface area (Å²) >= 11 is 6.28. The van der Waals surface area contributed by atoms with Crippen LogP contribution in [0.15, 0.2) is 24.4 Å². The molecule has 3 aliphatic carbocycles. The molecule has 1 N–H and O–H groups in total. The highest BCUT2D eigenvalue weighted by molar-refractivity contribution is 7.81. The zero-order valence-corrected chi connectivity index (χ0v) is 18.0. The SMILES string of the molecule is C[C@]12CCC(=O)N[C@@H]1CC[C@@H]1[C@@H]2CC[C@]2(C)CCC[C@@]12C(=S)c1ccccn1. The molecule has 4 fully saturated rings. The number of nitrogens with zero attached hydrogens (tertiary/aromatic N) is 1. The van der Waals surface area contributed by atoms with E-state index in [0.717, 1.165) is 23.4 Å². The summed E-state index contributed by atoms with van der Waals surface area (Å²) < 4.78 is 0. The van der Waals surface area contributed by atoms with Crippen molar-refractivity contribution in [3.63, 3.8) is 0 Å². The van der Waals surface area contributed by atoms with Crippen molar-refractivity contribution in [1.82, 2.24) is 10.3 Å². The van der Waals surface area contributed by atoms with Crippen molar-refractivity contribution in [3.05, 3.63) is 30.1 Å². The molecule has 2 heterocycles. The predicted molar refractivity (Wildman–Crippen MR) is 115 cm³/mol. The second kappa shape index (κ2) is 6.35. The van der Waals surface area contributed by atoms with Gasteiger partial charge in [-0.05, 0) is 79.7 Å². The van der Waals surface area contributed by atoms with E-state index < -0.39 is 0 Å². The third-order valence-corrected chi connectivity index (χ3v) is 10.0. The number of aromatic nitrogens is 1.